The number of aryl methyl sites for hydroxylation is 1. The Kier molecular flexibility index (Phi) is 6.51. The summed E-state index contributed by atoms with van der Waals surface area (Å²) in [5.41, 5.74) is 4.71. The van der Waals surface area contributed by atoms with Crippen molar-refractivity contribution in [3.05, 3.63) is 76.9 Å². The number of carbonyl (C=O) groups excluding carboxylic acids is 1. The predicted molar refractivity (Wildman–Crippen MR) is 127 cm³/mol. The molecule has 33 heavy (non-hydrogen) atoms. The fourth-order valence-electron chi connectivity index (χ4n) is 4.18. The lowest BCUT2D eigenvalue weighted by Crippen LogP contribution is -2.24. The minimum absolute atomic E-state index is 0.124. The van der Waals surface area contributed by atoms with Crippen LogP contribution >= 0.6 is 0 Å². The van der Waals surface area contributed by atoms with E-state index in [0.717, 1.165) is 28.1 Å². The van der Waals surface area contributed by atoms with Crippen molar-refractivity contribution in [2.24, 2.45) is 0 Å². The highest BCUT2D eigenvalue weighted by Gasteiger charge is 2.31. The molecular formula is C24H29N5O3S. The Balaban J connectivity index is 1.39. The maximum atomic E-state index is 12.7. The summed E-state index contributed by atoms with van der Waals surface area (Å²) in [6.45, 7) is 4.92. The highest BCUT2D eigenvalue weighted by atomic mass is 32.2. The van der Waals surface area contributed by atoms with Gasteiger partial charge in [-0.25, -0.2) is 8.42 Å². The van der Waals surface area contributed by atoms with E-state index < -0.39 is 9.84 Å². The Labute approximate surface area is 194 Å². The third-order valence-electron chi connectivity index (χ3n) is 6.06. The number of likely N-dealkylation sites (N-methyl/N-ethyl adjacent to an activating group) is 1. The zero-order valence-electron chi connectivity index (χ0n) is 19.2. The van der Waals surface area contributed by atoms with Gasteiger partial charge in [-0.15, -0.1) is 0 Å². The van der Waals surface area contributed by atoms with Gasteiger partial charge in [-0.1, -0.05) is 30.3 Å². The van der Waals surface area contributed by atoms with Gasteiger partial charge in [0.15, 0.2) is 9.84 Å². The second-order valence-corrected chi connectivity index (χ2v) is 10.9. The van der Waals surface area contributed by atoms with E-state index in [4.69, 9.17) is 0 Å². The summed E-state index contributed by atoms with van der Waals surface area (Å²) >= 11 is 0. The summed E-state index contributed by atoms with van der Waals surface area (Å²) in [6, 6.07) is 9.95. The molecule has 1 aliphatic rings. The van der Waals surface area contributed by atoms with Crippen molar-refractivity contribution in [1.29, 1.82) is 0 Å². The summed E-state index contributed by atoms with van der Waals surface area (Å²) in [5, 5.41) is 8.95. The van der Waals surface area contributed by atoms with Crippen LogP contribution < -0.4 is 0 Å². The van der Waals surface area contributed by atoms with E-state index in [9.17, 15) is 13.2 Å². The lowest BCUT2D eigenvalue weighted by molar-refractivity contribution is -0.125. The third-order valence-corrected chi connectivity index (χ3v) is 7.81. The second kappa shape index (κ2) is 9.35. The number of sulfone groups is 1. The molecule has 9 heteroatoms. The first kappa shape index (κ1) is 23.0. The smallest absolute Gasteiger partial charge is 0.246 e. The molecule has 1 saturated heterocycles. The molecule has 174 valence electrons. The number of aromatic nitrogens is 4. The molecule has 0 spiro atoms. The zero-order chi connectivity index (χ0) is 23.6. The van der Waals surface area contributed by atoms with Crippen molar-refractivity contribution in [2.75, 3.05) is 18.6 Å². The van der Waals surface area contributed by atoms with Gasteiger partial charge >= 0.3 is 0 Å². The zero-order valence-corrected chi connectivity index (χ0v) is 20.0. The normalized spacial score (nSPS) is 17.6. The van der Waals surface area contributed by atoms with Crippen LogP contribution in [-0.4, -0.2) is 57.3 Å². The molecule has 3 aromatic rings. The molecule has 0 N–H and O–H groups in total. The van der Waals surface area contributed by atoms with Crippen LogP contribution in [0.15, 0.2) is 48.8 Å². The molecule has 0 bridgehead atoms. The number of benzene rings is 1. The van der Waals surface area contributed by atoms with Gasteiger partial charge in [0.2, 0.25) is 5.91 Å². The Bertz CT molecular complexity index is 1270. The van der Waals surface area contributed by atoms with Crippen molar-refractivity contribution in [1.82, 2.24) is 24.5 Å². The minimum atomic E-state index is -2.99. The van der Waals surface area contributed by atoms with Crippen molar-refractivity contribution in [2.45, 2.75) is 39.4 Å². The van der Waals surface area contributed by atoms with Crippen molar-refractivity contribution in [3.8, 4) is 0 Å². The van der Waals surface area contributed by atoms with Crippen molar-refractivity contribution < 1.29 is 13.2 Å². The van der Waals surface area contributed by atoms with Gasteiger partial charge in [0.1, 0.15) is 0 Å². The molecule has 0 aliphatic carbocycles. The van der Waals surface area contributed by atoms with Crippen molar-refractivity contribution in [3.63, 3.8) is 0 Å². The SMILES string of the molecule is Cc1nn(C2CCS(=O)(=O)C2)c(C)c1CN(C)C(=O)/C=C/c1cnn(Cc2ccccc2)c1. The molecule has 1 unspecified atom stereocenters. The molecule has 1 aliphatic heterocycles. The monoisotopic (exact) mass is 467 g/mol. The van der Waals surface area contributed by atoms with Gasteiger partial charge in [0.05, 0.1) is 36.0 Å². The number of amides is 1. The molecule has 4 rings (SSSR count). The summed E-state index contributed by atoms with van der Waals surface area (Å²) in [4.78, 5) is 14.3. The quantitative estimate of drug-likeness (QED) is 0.499. The molecule has 3 heterocycles. The van der Waals surface area contributed by atoms with Gasteiger partial charge in [0.25, 0.3) is 0 Å². The lowest BCUT2D eigenvalue weighted by Gasteiger charge is -2.16. The number of hydrogen-bond acceptors (Lipinski definition) is 5. The Morgan fingerprint density at radius 1 is 1.24 bits per heavy atom. The first-order valence-electron chi connectivity index (χ1n) is 11.0. The average molecular weight is 468 g/mol. The van der Waals surface area contributed by atoms with E-state index in [1.54, 1.807) is 30.3 Å². The molecule has 1 atom stereocenters. The van der Waals surface area contributed by atoms with Gasteiger partial charge in [-0.05, 0) is 31.9 Å². The summed E-state index contributed by atoms with van der Waals surface area (Å²) in [5.74, 6) is 0.209. The Morgan fingerprint density at radius 3 is 2.70 bits per heavy atom. The molecule has 0 radical (unpaired) electrons. The molecule has 1 fully saturated rings. The largest absolute Gasteiger partial charge is 0.338 e. The molecule has 1 aromatic carbocycles. The van der Waals surface area contributed by atoms with E-state index in [1.165, 1.54) is 0 Å². The molecule has 0 saturated carbocycles. The Hall–Kier alpha value is -3.20. The van der Waals surface area contributed by atoms with Crippen molar-refractivity contribution >= 4 is 21.8 Å². The van der Waals surface area contributed by atoms with Gasteiger partial charge in [-0.3, -0.25) is 14.2 Å². The lowest BCUT2D eigenvalue weighted by atomic mass is 10.1. The molecule has 2 aromatic heterocycles. The van der Waals surface area contributed by atoms with Crippen LogP contribution in [0.1, 0.15) is 40.5 Å². The van der Waals surface area contributed by atoms with E-state index in [0.29, 0.717) is 19.5 Å². The summed E-state index contributed by atoms with van der Waals surface area (Å²) < 4.78 is 27.4. The van der Waals surface area contributed by atoms with E-state index in [1.807, 2.05) is 59.7 Å². The maximum Gasteiger partial charge on any atom is 0.246 e. The Morgan fingerprint density at radius 2 is 2.00 bits per heavy atom. The van der Waals surface area contributed by atoms with Crippen LogP contribution in [0, 0.1) is 13.8 Å². The number of rotatable bonds is 7. The number of hydrogen-bond donors (Lipinski definition) is 0. The van der Waals surface area contributed by atoms with Crippen LogP contribution in [0.3, 0.4) is 0 Å². The van der Waals surface area contributed by atoms with Crippen LogP contribution in [0.25, 0.3) is 6.08 Å². The van der Waals surface area contributed by atoms with Crippen LogP contribution in [-0.2, 0) is 27.7 Å². The standard InChI is InChI=1S/C24H29N5O3S/c1-18-23(19(2)29(26-18)22-11-12-33(31,32)17-22)16-27(3)24(30)10-9-21-13-25-28(15-21)14-20-7-5-4-6-8-20/h4-10,13,15,22H,11-12,14,16-17H2,1-3H3/b10-9+. The number of nitrogens with zero attached hydrogens (tertiary/aromatic N) is 5. The van der Waals surface area contributed by atoms with E-state index >= 15 is 0 Å². The molecule has 1 amide bonds. The summed E-state index contributed by atoms with van der Waals surface area (Å²) in [6.07, 6.45) is 7.53. The second-order valence-electron chi connectivity index (χ2n) is 8.64. The fraction of sp³-hybridized carbons (Fsp3) is 0.375. The van der Waals surface area contributed by atoms with Crippen LogP contribution in [0.5, 0.6) is 0 Å². The van der Waals surface area contributed by atoms with E-state index in [-0.39, 0.29) is 23.5 Å². The average Bonchev–Trinajstić information content (AvgIpc) is 3.46. The molecular weight excluding hydrogens is 438 g/mol. The van der Waals surface area contributed by atoms with Gasteiger partial charge in [0, 0.05) is 42.7 Å². The van der Waals surface area contributed by atoms with Crippen LogP contribution in [0.2, 0.25) is 0 Å². The van der Waals surface area contributed by atoms with Crippen LogP contribution in [0.4, 0.5) is 0 Å². The fourth-order valence-corrected chi connectivity index (χ4v) is 5.87. The highest BCUT2D eigenvalue weighted by Crippen LogP contribution is 2.27. The van der Waals surface area contributed by atoms with E-state index in [2.05, 4.69) is 10.2 Å². The first-order chi connectivity index (χ1) is 15.7. The van der Waals surface area contributed by atoms with Gasteiger partial charge < -0.3 is 4.90 Å². The topological polar surface area (TPSA) is 90.1 Å². The minimum Gasteiger partial charge on any atom is -0.338 e. The number of carbonyl (C=O) groups is 1. The molecule has 8 nitrogen and oxygen atoms in total. The maximum absolute atomic E-state index is 12.7. The van der Waals surface area contributed by atoms with Gasteiger partial charge in [-0.2, -0.15) is 10.2 Å². The predicted octanol–water partition coefficient (Wildman–Crippen LogP) is 2.78. The highest BCUT2D eigenvalue weighted by molar-refractivity contribution is 7.91. The third kappa shape index (κ3) is 5.42. The first-order valence-corrected chi connectivity index (χ1v) is 12.8. The summed E-state index contributed by atoms with van der Waals surface area (Å²) in [7, 11) is -1.24.